The van der Waals surface area contributed by atoms with Crippen molar-refractivity contribution < 1.29 is 26.1 Å². The zero-order chi connectivity index (χ0) is 21.2. The third kappa shape index (κ3) is 4.31. The molecule has 0 radical (unpaired) electrons. The van der Waals surface area contributed by atoms with Gasteiger partial charge < -0.3 is 4.55 Å². The quantitative estimate of drug-likeness (QED) is 0.178. The molecule has 0 aliphatic carbocycles. The van der Waals surface area contributed by atoms with Crippen LogP contribution in [0.15, 0.2) is 83.7 Å². The van der Waals surface area contributed by atoms with E-state index in [4.69, 9.17) is 13.0 Å². The number of fused-ring (bicyclic) bond motifs is 2. The van der Waals surface area contributed by atoms with Gasteiger partial charge in [0.15, 0.2) is 24.4 Å². The van der Waals surface area contributed by atoms with Gasteiger partial charge in [-0.3, -0.25) is 4.79 Å². The molecule has 0 amide bonds. The molecule has 1 heterocycles. The van der Waals surface area contributed by atoms with Crippen molar-refractivity contribution in [2.24, 2.45) is 0 Å². The first-order valence-electron chi connectivity index (χ1n) is 8.15. The Morgan fingerprint density at radius 3 is 1.52 bits per heavy atom. The van der Waals surface area contributed by atoms with Gasteiger partial charge >= 0.3 is 5.51 Å². The van der Waals surface area contributed by atoms with Gasteiger partial charge in [-0.25, -0.2) is 8.42 Å². The number of benzene rings is 3. The van der Waals surface area contributed by atoms with Crippen LogP contribution in [0.5, 0.6) is 0 Å². The number of rotatable bonds is 1. The second-order valence-corrected chi connectivity index (χ2v) is 9.18. The van der Waals surface area contributed by atoms with Crippen LogP contribution in [-0.2, 0) is 10.1 Å². The van der Waals surface area contributed by atoms with Gasteiger partial charge in [0.25, 0.3) is 0 Å². The normalized spacial score (nSPS) is 11.9. The fraction of sp³-hybridized carbons (Fsp3) is 0.0500. The standard InChI is InChI=1S/C19H13OS.CHF3O3S/c20-19-15-10-4-6-12-17(15)21(14-8-2-1-3-9-14)18-13-7-5-11-16(18)19;2-1(3,4)8(5,6)7/h1-13H;(H,5,6,7)/q+1;/p-1. The minimum atomic E-state index is -6.09. The predicted octanol–water partition coefficient (Wildman–Crippen LogP) is 5.14. The Labute approximate surface area is 166 Å². The van der Waals surface area contributed by atoms with Crippen LogP contribution in [0, 0.1) is 0 Å². The van der Waals surface area contributed by atoms with Crippen LogP contribution >= 0.6 is 10.5 Å². The molecule has 0 atom stereocenters. The number of hydrogen-bond donors (Lipinski definition) is 0. The van der Waals surface area contributed by atoms with E-state index in [2.05, 4.69) is 36.4 Å². The zero-order valence-electron chi connectivity index (χ0n) is 14.6. The molecule has 150 valence electrons. The maximum absolute atomic E-state index is 12.7. The summed E-state index contributed by atoms with van der Waals surface area (Å²) in [6, 6.07) is 26.4. The largest absolute Gasteiger partial charge is 0.741 e. The Balaban J connectivity index is 0.000000258. The number of hydrogen-bond acceptors (Lipinski definition) is 4. The maximum atomic E-state index is 12.7. The molecule has 0 fully saturated rings. The highest BCUT2D eigenvalue weighted by Gasteiger charge is 2.36. The monoisotopic (exact) mass is 438 g/mol. The summed E-state index contributed by atoms with van der Waals surface area (Å²) in [6.45, 7) is 0. The molecule has 0 N–H and O–H groups in total. The van der Waals surface area contributed by atoms with Crippen molar-refractivity contribution in [2.45, 2.75) is 5.51 Å². The summed E-state index contributed by atoms with van der Waals surface area (Å²) < 4.78 is 61.2. The molecular weight excluding hydrogens is 425 g/mol. The van der Waals surface area contributed by atoms with Crippen LogP contribution in [-0.4, -0.2) is 18.5 Å². The van der Waals surface area contributed by atoms with E-state index < -0.39 is 15.6 Å². The average Bonchev–Trinajstić information content (AvgIpc) is 2.68. The van der Waals surface area contributed by atoms with Crippen LogP contribution in [0.3, 0.4) is 0 Å². The Morgan fingerprint density at radius 2 is 1.10 bits per heavy atom. The summed E-state index contributed by atoms with van der Waals surface area (Å²) in [4.78, 5) is 13.9. The van der Waals surface area contributed by atoms with Crippen molar-refractivity contribution in [1.82, 2.24) is 0 Å². The minimum absolute atomic E-state index is 0.140. The Kier molecular flexibility index (Phi) is 5.74. The van der Waals surface area contributed by atoms with E-state index >= 15 is 0 Å². The van der Waals surface area contributed by atoms with Gasteiger partial charge in [-0.1, -0.05) is 42.5 Å². The molecule has 29 heavy (non-hydrogen) atoms. The van der Waals surface area contributed by atoms with Gasteiger partial charge in [0.1, 0.15) is 0 Å². The van der Waals surface area contributed by atoms with Gasteiger partial charge in [0.05, 0.1) is 10.8 Å². The molecule has 0 saturated heterocycles. The summed E-state index contributed by atoms with van der Waals surface area (Å²) in [6.07, 6.45) is 0. The molecule has 3 aromatic carbocycles. The zero-order valence-corrected chi connectivity index (χ0v) is 16.2. The molecule has 4 nitrogen and oxygen atoms in total. The summed E-state index contributed by atoms with van der Waals surface area (Å²) in [5.74, 6) is 0. The molecule has 4 rings (SSSR count). The first kappa shape index (κ1) is 21.0. The van der Waals surface area contributed by atoms with Gasteiger partial charge in [-0.2, -0.15) is 13.2 Å². The third-order valence-electron chi connectivity index (χ3n) is 3.97. The van der Waals surface area contributed by atoms with Crippen LogP contribution in [0.1, 0.15) is 0 Å². The molecule has 0 spiro atoms. The summed E-state index contributed by atoms with van der Waals surface area (Å²) in [7, 11) is -6.29. The van der Waals surface area contributed by atoms with Gasteiger partial charge in [0.2, 0.25) is 5.43 Å². The first-order chi connectivity index (χ1) is 13.6. The van der Waals surface area contributed by atoms with Crippen molar-refractivity contribution in [3.05, 3.63) is 89.1 Å². The van der Waals surface area contributed by atoms with E-state index in [1.54, 1.807) is 0 Å². The Morgan fingerprint density at radius 1 is 0.724 bits per heavy atom. The maximum Gasteiger partial charge on any atom is 0.485 e. The third-order valence-corrected chi connectivity index (χ3v) is 6.87. The number of alkyl halides is 3. The Hall–Kier alpha value is -2.75. The lowest BCUT2D eigenvalue weighted by atomic mass is 10.2. The summed E-state index contributed by atoms with van der Waals surface area (Å²) in [5, 5.41) is 1.67. The molecule has 4 aromatic rings. The highest BCUT2D eigenvalue weighted by Crippen LogP contribution is 2.42. The molecule has 0 aliphatic heterocycles. The van der Waals surface area contributed by atoms with E-state index in [0.717, 1.165) is 20.2 Å². The first-order valence-corrected chi connectivity index (χ1v) is 10.8. The van der Waals surface area contributed by atoms with Crippen molar-refractivity contribution in [3.8, 4) is 4.90 Å². The fourth-order valence-corrected chi connectivity index (χ4v) is 5.10. The minimum Gasteiger partial charge on any atom is -0.741 e. The van der Waals surface area contributed by atoms with Crippen molar-refractivity contribution in [2.75, 3.05) is 0 Å². The van der Waals surface area contributed by atoms with Gasteiger partial charge in [0, 0.05) is 10.5 Å². The topological polar surface area (TPSA) is 74.3 Å². The van der Waals surface area contributed by atoms with Crippen molar-refractivity contribution >= 4 is 40.8 Å². The van der Waals surface area contributed by atoms with Crippen LogP contribution in [0.25, 0.3) is 25.1 Å². The molecule has 0 unspecified atom stereocenters. The van der Waals surface area contributed by atoms with E-state index in [1.165, 1.54) is 4.90 Å². The lowest BCUT2D eigenvalue weighted by molar-refractivity contribution is -0.0517. The van der Waals surface area contributed by atoms with E-state index in [0.29, 0.717) is 0 Å². The van der Waals surface area contributed by atoms with E-state index in [1.807, 2.05) is 42.5 Å². The van der Waals surface area contributed by atoms with Gasteiger partial charge in [-0.05, 0) is 36.4 Å². The second-order valence-electron chi connectivity index (χ2n) is 5.84. The fourth-order valence-electron chi connectivity index (χ4n) is 2.74. The summed E-state index contributed by atoms with van der Waals surface area (Å²) in [5.41, 5.74) is -5.51. The lowest BCUT2D eigenvalue weighted by Gasteiger charge is -2.08. The molecular formula is C20H13F3O4S2. The van der Waals surface area contributed by atoms with E-state index in [9.17, 15) is 18.0 Å². The Bertz CT molecular complexity index is 1270. The lowest BCUT2D eigenvalue weighted by Crippen LogP contribution is -2.21. The number of halogens is 3. The van der Waals surface area contributed by atoms with Crippen LogP contribution in [0.4, 0.5) is 13.2 Å². The van der Waals surface area contributed by atoms with E-state index in [-0.39, 0.29) is 15.9 Å². The second kappa shape index (κ2) is 7.94. The smallest absolute Gasteiger partial charge is 0.485 e. The molecule has 9 heteroatoms. The summed E-state index contributed by atoms with van der Waals surface area (Å²) >= 11 is 0. The molecule has 0 bridgehead atoms. The van der Waals surface area contributed by atoms with Crippen LogP contribution < -0.4 is 5.43 Å². The average molecular weight is 438 g/mol. The molecule has 0 saturated carbocycles. The van der Waals surface area contributed by atoms with Gasteiger partial charge in [-0.15, -0.1) is 0 Å². The highest BCUT2D eigenvalue weighted by atomic mass is 32.2. The molecule has 1 aromatic heterocycles. The van der Waals surface area contributed by atoms with Crippen LogP contribution in [0.2, 0.25) is 0 Å². The predicted molar refractivity (Wildman–Crippen MR) is 107 cm³/mol. The molecule has 0 aliphatic rings. The highest BCUT2D eigenvalue weighted by molar-refractivity contribution is 7.86. The van der Waals surface area contributed by atoms with Crippen molar-refractivity contribution in [3.63, 3.8) is 0 Å². The SMILES string of the molecule is O=S(=O)([O-])C(F)(F)F.O=c1c2ccccc2[s+](-c2ccccc2)c2ccccc12. The van der Waals surface area contributed by atoms with Crippen molar-refractivity contribution in [1.29, 1.82) is 0 Å².